The Balaban J connectivity index is 1.80. The lowest BCUT2D eigenvalue weighted by Crippen LogP contribution is -1.97. The lowest BCUT2D eigenvalue weighted by Gasteiger charge is -2.08. The van der Waals surface area contributed by atoms with Crippen LogP contribution < -0.4 is 0 Å². The highest BCUT2D eigenvalue weighted by atomic mass is 32.2. The molecule has 0 nitrogen and oxygen atoms in total. The Morgan fingerprint density at radius 2 is 2.00 bits per heavy atom. The summed E-state index contributed by atoms with van der Waals surface area (Å²) in [6.45, 7) is 2.34. The summed E-state index contributed by atoms with van der Waals surface area (Å²) in [6.07, 6.45) is 4.12. The van der Waals surface area contributed by atoms with E-state index in [1.165, 1.54) is 29.9 Å². The van der Waals surface area contributed by atoms with Gasteiger partial charge in [0.15, 0.2) is 0 Å². The van der Waals surface area contributed by atoms with Crippen molar-refractivity contribution in [1.82, 2.24) is 0 Å². The summed E-state index contributed by atoms with van der Waals surface area (Å²) in [5, 5.41) is 0. The smallest absolute Gasteiger partial charge is 0.123 e. The highest BCUT2D eigenvalue weighted by Gasteiger charge is 2.20. The molecule has 0 N–H and O–H groups in total. The van der Waals surface area contributed by atoms with Crippen LogP contribution in [0.25, 0.3) is 0 Å². The van der Waals surface area contributed by atoms with Gasteiger partial charge in [-0.05, 0) is 48.9 Å². The fraction of sp³-hybridized carbons (Fsp3) is 0.538. The van der Waals surface area contributed by atoms with Gasteiger partial charge in [0.2, 0.25) is 0 Å². The van der Waals surface area contributed by atoms with E-state index in [-0.39, 0.29) is 5.82 Å². The van der Waals surface area contributed by atoms with Crippen LogP contribution in [0.15, 0.2) is 29.2 Å². The Kier molecular flexibility index (Phi) is 3.68. The molecule has 0 radical (unpaired) electrons. The molecule has 0 aromatic heterocycles. The molecule has 0 amide bonds. The minimum atomic E-state index is -0.145. The van der Waals surface area contributed by atoms with Crippen molar-refractivity contribution in [2.24, 2.45) is 11.8 Å². The topological polar surface area (TPSA) is 0 Å². The molecule has 1 aromatic carbocycles. The monoisotopic (exact) mass is 224 g/mol. The zero-order chi connectivity index (χ0) is 10.7. The van der Waals surface area contributed by atoms with Crippen molar-refractivity contribution in [3.05, 3.63) is 30.1 Å². The Hall–Kier alpha value is -0.500. The van der Waals surface area contributed by atoms with Crippen molar-refractivity contribution in [2.75, 3.05) is 5.75 Å². The van der Waals surface area contributed by atoms with E-state index in [2.05, 4.69) is 6.92 Å². The summed E-state index contributed by atoms with van der Waals surface area (Å²) in [6, 6.07) is 6.83. The van der Waals surface area contributed by atoms with E-state index < -0.39 is 0 Å². The number of hydrogen-bond donors (Lipinski definition) is 0. The molecule has 15 heavy (non-hydrogen) atoms. The van der Waals surface area contributed by atoms with Gasteiger partial charge < -0.3 is 0 Å². The molecule has 2 rings (SSSR count). The predicted molar refractivity (Wildman–Crippen MR) is 63.6 cm³/mol. The van der Waals surface area contributed by atoms with Crippen molar-refractivity contribution in [3.63, 3.8) is 0 Å². The molecular formula is C13H17FS. The minimum absolute atomic E-state index is 0.145. The lowest BCUT2D eigenvalue weighted by atomic mass is 10.1. The Bertz CT molecular complexity index is 307. The number of hydrogen-bond acceptors (Lipinski definition) is 1. The van der Waals surface area contributed by atoms with Crippen LogP contribution in [0.3, 0.4) is 0 Å². The fourth-order valence-electron chi connectivity index (χ4n) is 2.22. The maximum Gasteiger partial charge on any atom is 0.123 e. The van der Waals surface area contributed by atoms with Crippen molar-refractivity contribution in [1.29, 1.82) is 0 Å². The van der Waals surface area contributed by atoms with Gasteiger partial charge in [-0.15, -0.1) is 11.8 Å². The van der Waals surface area contributed by atoms with Gasteiger partial charge in [-0.3, -0.25) is 0 Å². The summed E-state index contributed by atoms with van der Waals surface area (Å²) < 4.78 is 12.7. The van der Waals surface area contributed by atoms with Gasteiger partial charge in [0.05, 0.1) is 0 Å². The van der Waals surface area contributed by atoms with Crippen LogP contribution in [0.1, 0.15) is 26.2 Å². The normalized spacial score (nSPS) is 25.7. The molecule has 0 saturated heterocycles. The first-order valence-corrected chi connectivity index (χ1v) is 6.61. The highest BCUT2D eigenvalue weighted by molar-refractivity contribution is 7.99. The van der Waals surface area contributed by atoms with E-state index in [0.717, 1.165) is 11.8 Å². The first kappa shape index (κ1) is 11.0. The molecule has 1 fully saturated rings. The molecule has 0 spiro atoms. The van der Waals surface area contributed by atoms with E-state index in [1.54, 1.807) is 12.1 Å². The number of halogens is 1. The van der Waals surface area contributed by atoms with Gasteiger partial charge in [0.1, 0.15) is 5.82 Å². The van der Waals surface area contributed by atoms with Crippen molar-refractivity contribution in [3.8, 4) is 0 Å². The van der Waals surface area contributed by atoms with Crippen LogP contribution in [0.2, 0.25) is 0 Å². The van der Waals surface area contributed by atoms with Gasteiger partial charge in [0, 0.05) is 10.6 Å². The zero-order valence-corrected chi connectivity index (χ0v) is 9.90. The molecule has 1 aliphatic carbocycles. The Morgan fingerprint density at radius 1 is 1.27 bits per heavy atom. The second-order valence-electron chi connectivity index (χ2n) is 4.55. The van der Waals surface area contributed by atoms with Gasteiger partial charge >= 0.3 is 0 Å². The van der Waals surface area contributed by atoms with E-state index in [4.69, 9.17) is 0 Å². The SMILES string of the molecule is C[C@H]1CC[C@H](CSc2ccc(F)cc2)C1. The quantitative estimate of drug-likeness (QED) is 0.688. The largest absolute Gasteiger partial charge is 0.207 e. The highest BCUT2D eigenvalue weighted by Crippen LogP contribution is 2.34. The van der Waals surface area contributed by atoms with E-state index in [9.17, 15) is 4.39 Å². The van der Waals surface area contributed by atoms with Crippen LogP contribution in [-0.2, 0) is 0 Å². The number of rotatable bonds is 3. The standard InChI is InChI=1S/C13H17FS/c1-10-2-3-11(8-10)9-15-13-6-4-12(14)5-7-13/h4-7,10-11H,2-3,8-9H2,1H3/t10-,11-/m0/s1. The first-order valence-electron chi connectivity index (χ1n) is 5.62. The molecule has 1 saturated carbocycles. The fourth-order valence-corrected chi connectivity index (χ4v) is 3.28. The van der Waals surface area contributed by atoms with Crippen LogP contribution in [0.4, 0.5) is 4.39 Å². The maximum atomic E-state index is 12.7. The second-order valence-corrected chi connectivity index (χ2v) is 5.64. The van der Waals surface area contributed by atoms with Gasteiger partial charge in [-0.25, -0.2) is 4.39 Å². The van der Waals surface area contributed by atoms with Crippen LogP contribution in [0, 0.1) is 17.7 Å². The Labute approximate surface area is 95.3 Å². The first-order chi connectivity index (χ1) is 7.24. The summed E-state index contributed by atoms with van der Waals surface area (Å²) >= 11 is 1.86. The minimum Gasteiger partial charge on any atom is -0.207 e. The molecule has 0 unspecified atom stereocenters. The molecule has 2 heteroatoms. The lowest BCUT2D eigenvalue weighted by molar-refractivity contribution is 0.561. The molecule has 0 heterocycles. The van der Waals surface area contributed by atoms with Gasteiger partial charge in [0.25, 0.3) is 0 Å². The summed E-state index contributed by atoms with van der Waals surface area (Å²) in [5.74, 6) is 2.82. The summed E-state index contributed by atoms with van der Waals surface area (Å²) in [4.78, 5) is 1.19. The van der Waals surface area contributed by atoms with E-state index in [1.807, 2.05) is 23.9 Å². The molecule has 1 aliphatic rings. The third kappa shape index (κ3) is 3.23. The van der Waals surface area contributed by atoms with Crippen LogP contribution in [-0.4, -0.2) is 5.75 Å². The molecule has 0 aliphatic heterocycles. The average Bonchev–Trinajstić information content (AvgIpc) is 2.64. The van der Waals surface area contributed by atoms with Crippen molar-refractivity contribution >= 4 is 11.8 Å². The van der Waals surface area contributed by atoms with Crippen LogP contribution in [0.5, 0.6) is 0 Å². The van der Waals surface area contributed by atoms with Crippen molar-refractivity contribution < 1.29 is 4.39 Å². The zero-order valence-electron chi connectivity index (χ0n) is 9.08. The van der Waals surface area contributed by atoms with Gasteiger partial charge in [-0.2, -0.15) is 0 Å². The molecule has 0 bridgehead atoms. The molecule has 82 valence electrons. The molecule has 2 atom stereocenters. The number of thioether (sulfide) groups is 1. The summed E-state index contributed by atoms with van der Waals surface area (Å²) in [5.41, 5.74) is 0. The van der Waals surface area contributed by atoms with Crippen LogP contribution >= 0.6 is 11.8 Å². The predicted octanol–water partition coefficient (Wildman–Crippen LogP) is 4.35. The second kappa shape index (κ2) is 5.02. The molecular weight excluding hydrogens is 207 g/mol. The Morgan fingerprint density at radius 3 is 2.60 bits per heavy atom. The number of benzene rings is 1. The maximum absolute atomic E-state index is 12.7. The summed E-state index contributed by atoms with van der Waals surface area (Å²) in [7, 11) is 0. The van der Waals surface area contributed by atoms with E-state index in [0.29, 0.717) is 0 Å². The van der Waals surface area contributed by atoms with Gasteiger partial charge in [-0.1, -0.05) is 13.3 Å². The third-order valence-electron chi connectivity index (χ3n) is 3.10. The molecule has 1 aromatic rings. The average molecular weight is 224 g/mol. The van der Waals surface area contributed by atoms with E-state index >= 15 is 0 Å². The third-order valence-corrected chi connectivity index (χ3v) is 4.35. The van der Waals surface area contributed by atoms with Crippen molar-refractivity contribution in [2.45, 2.75) is 31.1 Å².